The lowest BCUT2D eigenvalue weighted by Crippen LogP contribution is -1.98. The Labute approximate surface area is 177 Å². The highest BCUT2D eigenvalue weighted by Gasteiger charge is 2.22. The first-order chi connectivity index (χ1) is 15.1. The van der Waals surface area contributed by atoms with Gasteiger partial charge in [-0.15, -0.1) is 0 Å². The number of furan rings is 1. The summed E-state index contributed by atoms with van der Waals surface area (Å²) in [6, 6.07) is 22.8. The summed E-state index contributed by atoms with van der Waals surface area (Å²) in [6.07, 6.45) is 0. The van der Waals surface area contributed by atoms with Gasteiger partial charge in [0.15, 0.2) is 0 Å². The van der Waals surface area contributed by atoms with E-state index in [-0.39, 0.29) is 5.82 Å². The van der Waals surface area contributed by atoms with Crippen LogP contribution in [0.3, 0.4) is 0 Å². The molecule has 0 unspecified atom stereocenters. The van der Waals surface area contributed by atoms with Gasteiger partial charge in [-0.25, -0.2) is 9.37 Å². The third kappa shape index (κ3) is 2.60. The Morgan fingerprint density at radius 1 is 0.871 bits per heavy atom. The zero-order valence-corrected chi connectivity index (χ0v) is 17.1. The van der Waals surface area contributed by atoms with Gasteiger partial charge in [-0.2, -0.15) is 0 Å². The summed E-state index contributed by atoms with van der Waals surface area (Å²) in [5.41, 5.74) is 6.41. The third-order valence-corrected chi connectivity index (χ3v) is 5.68. The molecule has 0 spiro atoms. The number of aromatic nitrogens is 3. The molecule has 3 aromatic heterocycles. The molecule has 4 nitrogen and oxygen atoms in total. The van der Waals surface area contributed by atoms with Gasteiger partial charge in [-0.1, -0.05) is 36.4 Å². The van der Waals surface area contributed by atoms with Gasteiger partial charge in [0.1, 0.15) is 28.3 Å². The van der Waals surface area contributed by atoms with Crippen molar-refractivity contribution in [2.75, 3.05) is 0 Å². The molecule has 0 aliphatic carbocycles. The second-order valence-corrected chi connectivity index (χ2v) is 7.72. The first-order valence-electron chi connectivity index (χ1n) is 10.1. The molecule has 0 atom stereocenters. The van der Waals surface area contributed by atoms with Gasteiger partial charge in [-0.05, 0) is 50.2 Å². The van der Waals surface area contributed by atoms with Gasteiger partial charge in [0, 0.05) is 16.8 Å². The van der Waals surface area contributed by atoms with Gasteiger partial charge < -0.3 is 4.42 Å². The Hall–Kier alpha value is -3.99. The second kappa shape index (κ2) is 6.51. The fourth-order valence-electron chi connectivity index (χ4n) is 4.36. The predicted octanol–water partition coefficient (Wildman–Crippen LogP) is 6.74. The van der Waals surface area contributed by atoms with Crippen molar-refractivity contribution < 1.29 is 8.81 Å². The van der Waals surface area contributed by atoms with Crippen molar-refractivity contribution in [3.8, 4) is 17.1 Å². The van der Waals surface area contributed by atoms with E-state index in [2.05, 4.69) is 9.55 Å². The van der Waals surface area contributed by atoms with Crippen LogP contribution < -0.4 is 0 Å². The lowest BCUT2D eigenvalue weighted by atomic mass is 10.1. The van der Waals surface area contributed by atoms with Gasteiger partial charge in [0.2, 0.25) is 0 Å². The molecule has 0 amide bonds. The molecule has 5 heteroatoms. The summed E-state index contributed by atoms with van der Waals surface area (Å²) < 4.78 is 23.1. The number of hydrogen-bond acceptors (Lipinski definition) is 3. The van der Waals surface area contributed by atoms with Crippen LogP contribution in [0.2, 0.25) is 0 Å². The van der Waals surface area contributed by atoms with E-state index in [9.17, 15) is 4.39 Å². The van der Waals surface area contributed by atoms with Gasteiger partial charge in [-0.3, -0.25) is 9.55 Å². The average molecular weight is 407 g/mol. The molecule has 3 aromatic carbocycles. The smallest absolute Gasteiger partial charge is 0.149 e. The largest absolute Gasteiger partial charge is 0.455 e. The Kier molecular flexibility index (Phi) is 3.74. The number of fused-ring (bicyclic) bond motifs is 4. The number of halogens is 1. The van der Waals surface area contributed by atoms with Crippen LogP contribution in [0.25, 0.3) is 50.0 Å². The standard InChI is InChI=1S/C26H18FN3O/c1-15-14-21-24(16(2)28-15)29-26(30(21)17-8-4-3-5-9-17)19-12-13-20(27)23-18-10-6-7-11-22(18)31-25(19)23/h3-14H,1-2H3. The van der Waals surface area contributed by atoms with Crippen molar-refractivity contribution in [2.24, 2.45) is 0 Å². The molecule has 6 aromatic rings. The van der Waals surface area contributed by atoms with E-state index in [1.54, 1.807) is 6.07 Å². The maximum absolute atomic E-state index is 14.9. The lowest BCUT2D eigenvalue weighted by molar-refractivity contribution is 0.634. The Balaban J connectivity index is 1.78. The van der Waals surface area contributed by atoms with Gasteiger partial charge in [0.25, 0.3) is 0 Å². The summed E-state index contributed by atoms with van der Waals surface area (Å²) >= 11 is 0. The molecular formula is C26H18FN3O. The molecule has 3 heterocycles. The number of imidazole rings is 1. The summed E-state index contributed by atoms with van der Waals surface area (Å²) in [6.45, 7) is 3.94. The summed E-state index contributed by atoms with van der Waals surface area (Å²) in [5, 5.41) is 1.23. The average Bonchev–Trinajstić information content (AvgIpc) is 3.34. The van der Waals surface area contributed by atoms with Crippen molar-refractivity contribution in [2.45, 2.75) is 13.8 Å². The van der Waals surface area contributed by atoms with E-state index >= 15 is 0 Å². The fourth-order valence-corrected chi connectivity index (χ4v) is 4.36. The Bertz CT molecular complexity index is 1610. The zero-order chi connectivity index (χ0) is 21.1. The van der Waals surface area contributed by atoms with Crippen LogP contribution in [0, 0.1) is 19.7 Å². The normalized spacial score (nSPS) is 11.7. The second-order valence-electron chi connectivity index (χ2n) is 7.72. The van der Waals surface area contributed by atoms with E-state index in [4.69, 9.17) is 9.40 Å². The van der Waals surface area contributed by atoms with E-state index in [0.717, 1.165) is 39.1 Å². The van der Waals surface area contributed by atoms with Crippen LogP contribution in [-0.4, -0.2) is 14.5 Å². The predicted molar refractivity (Wildman–Crippen MR) is 121 cm³/mol. The maximum atomic E-state index is 14.9. The van der Waals surface area contributed by atoms with Crippen LogP contribution in [0.4, 0.5) is 4.39 Å². The van der Waals surface area contributed by atoms with E-state index in [1.807, 2.05) is 74.5 Å². The van der Waals surface area contributed by atoms with E-state index < -0.39 is 0 Å². The van der Waals surface area contributed by atoms with E-state index in [0.29, 0.717) is 22.4 Å². The number of nitrogens with zero attached hydrogens (tertiary/aromatic N) is 3. The summed E-state index contributed by atoms with van der Waals surface area (Å²) in [5.74, 6) is 0.389. The van der Waals surface area contributed by atoms with Crippen molar-refractivity contribution in [1.82, 2.24) is 14.5 Å². The Morgan fingerprint density at radius 3 is 2.48 bits per heavy atom. The Morgan fingerprint density at radius 2 is 1.65 bits per heavy atom. The van der Waals surface area contributed by atoms with Crippen LogP contribution in [0.5, 0.6) is 0 Å². The van der Waals surface area contributed by atoms with Crippen molar-refractivity contribution >= 4 is 33.0 Å². The molecule has 0 bridgehead atoms. The molecule has 0 saturated carbocycles. The van der Waals surface area contributed by atoms with Crippen molar-refractivity contribution in [3.05, 3.63) is 90.0 Å². The number of hydrogen-bond donors (Lipinski definition) is 0. The minimum Gasteiger partial charge on any atom is -0.455 e. The van der Waals surface area contributed by atoms with Crippen LogP contribution in [0.15, 0.2) is 77.2 Å². The number of para-hydroxylation sites is 2. The first-order valence-corrected chi connectivity index (χ1v) is 10.1. The highest BCUT2D eigenvalue weighted by atomic mass is 19.1. The molecule has 0 radical (unpaired) electrons. The summed E-state index contributed by atoms with van der Waals surface area (Å²) in [4.78, 5) is 9.56. The molecule has 0 aliphatic heterocycles. The van der Waals surface area contributed by atoms with E-state index in [1.165, 1.54) is 6.07 Å². The lowest BCUT2D eigenvalue weighted by Gasteiger charge is -2.10. The topological polar surface area (TPSA) is 43.9 Å². The van der Waals surface area contributed by atoms with Gasteiger partial charge in [0.05, 0.1) is 22.2 Å². The maximum Gasteiger partial charge on any atom is 0.149 e. The molecule has 6 rings (SSSR count). The van der Waals surface area contributed by atoms with Gasteiger partial charge >= 0.3 is 0 Å². The number of benzene rings is 3. The SMILES string of the molecule is Cc1cc2c(nc(-c3ccc(F)c4c3oc3ccccc34)n2-c2ccccc2)c(C)n1. The van der Waals surface area contributed by atoms with Crippen molar-refractivity contribution in [1.29, 1.82) is 0 Å². The van der Waals surface area contributed by atoms with Crippen LogP contribution in [0.1, 0.15) is 11.4 Å². The highest BCUT2D eigenvalue weighted by Crippen LogP contribution is 2.39. The fraction of sp³-hybridized carbons (Fsp3) is 0.0769. The quantitative estimate of drug-likeness (QED) is 0.319. The monoisotopic (exact) mass is 407 g/mol. The summed E-state index contributed by atoms with van der Waals surface area (Å²) in [7, 11) is 0. The van der Waals surface area contributed by atoms with Crippen LogP contribution >= 0.6 is 0 Å². The number of rotatable bonds is 2. The molecule has 31 heavy (non-hydrogen) atoms. The third-order valence-electron chi connectivity index (χ3n) is 5.68. The molecule has 0 fully saturated rings. The minimum atomic E-state index is -0.306. The number of pyridine rings is 1. The molecule has 150 valence electrons. The van der Waals surface area contributed by atoms with Crippen LogP contribution in [-0.2, 0) is 0 Å². The molecule has 0 N–H and O–H groups in total. The van der Waals surface area contributed by atoms with Crippen molar-refractivity contribution in [3.63, 3.8) is 0 Å². The first kappa shape index (κ1) is 17.8. The molecule has 0 saturated heterocycles. The number of aryl methyl sites for hydroxylation is 2. The highest BCUT2D eigenvalue weighted by molar-refractivity contribution is 6.09. The molecular weight excluding hydrogens is 389 g/mol. The zero-order valence-electron chi connectivity index (χ0n) is 17.1. The minimum absolute atomic E-state index is 0.306. The molecule has 0 aliphatic rings.